The summed E-state index contributed by atoms with van der Waals surface area (Å²) in [6.45, 7) is 0. The first kappa shape index (κ1) is 28.4. The number of benzene rings is 6. The maximum Gasteiger partial charge on any atom is 0.146 e. The summed E-state index contributed by atoms with van der Waals surface area (Å²) in [5, 5.41) is 0. The number of hydrogen-bond acceptors (Lipinski definition) is 4. The number of rotatable bonds is 4. The van der Waals surface area contributed by atoms with Gasteiger partial charge in [0.05, 0.1) is 48.1 Å². The molecule has 0 amide bonds. The highest BCUT2D eigenvalue weighted by Gasteiger charge is 2.70. The summed E-state index contributed by atoms with van der Waals surface area (Å²) in [5.74, 6) is -1.94. The van der Waals surface area contributed by atoms with E-state index in [1.165, 1.54) is 0 Å². The summed E-state index contributed by atoms with van der Waals surface area (Å²) in [7, 11) is 0. The van der Waals surface area contributed by atoms with Gasteiger partial charge in [0.15, 0.2) is 0 Å². The molecule has 4 nitrogen and oxygen atoms in total. The van der Waals surface area contributed by atoms with E-state index in [1.54, 1.807) is 0 Å². The molecule has 3 fully saturated rings. The van der Waals surface area contributed by atoms with E-state index in [0.29, 0.717) is 0 Å². The lowest BCUT2D eigenvalue weighted by molar-refractivity contribution is -0.147. The average Bonchev–Trinajstić information content (AvgIpc) is 3.97. The van der Waals surface area contributed by atoms with Gasteiger partial charge >= 0.3 is 0 Å². The van der Waals surface area contributed by atoms with Crippen LogP contribution in [0.3, 0.4) is 0 Å². The predicted molar refractivity (Wildman–Crippen MR) is 192 cm³/mol. The molecule has 6 aromatic rings. The first-order valence-electron chi connectivity index (χ1n) is 17.6. The highest BCUT2D eigenvalue weighted by Crippen LogP contribution is 2.70. The van der Waals surface area contributed by atoms with Gasteiger partial charge in [-0.25, -0.2) is 0 Å². The number of carbonyl (C=O) groups is 2. The molecule has 0 aromatic heterocycles. The van der Waals surface area contributed by atoms with Gasteiger partial charge in [-0.05, 0) is 66.8 Å². The molecule has 11 rings (SSSR count). The normalized spacial score (nSPS) is 27.9. The van der Waals surface area contributed by atoms with Crippen LogP contribution in [0.4, 0.5) is 0 Å². The Balaban J connectivity index is 1.09. The zero-order valence-corrected chi connectivity index (χ0v) is 27.1. The molecule has 50 heavy (non-hydrogen) atoms. The fourth-order valence-corrected chi connectivity index (χ4v) is 10.1. The van der Waals surface area contributed by atoms with Gasteiger partial charge in [-0.15, -0.1) is 0 Å². The van der Waals surface area contributed by atoms with Gasteiger partial charge in [0, 0.05) is 0 Å². The summed E-state index contributed by atoms with van der Waals surface area (Å²) in [4.78, 5) is 30.3. The first-order valence-corrected chi connectivity index (χ1v) is 17.6. The molecular weight excluding hydrogens is 617 g/mol. The first-order chi connectivity index (χ1) is 24.7. The highest BCUT2D eigenvalue weighted by atomic mass is 16.5. The Morgan fingerprint density at radius 1 is 0.300 bits per heavy atom. The Hall–Kier alpha value is -5.42. The molecule has 0 radical (unpaired) electrons. The third-order valence-corrected chi connectivity index (χ3v) is 12.0. The van der Waals surface area contributed by atoms with E-state index in [4.69, 9.17) is 9.47 Å². The predicted octanol–water partition coefficient (Wildman–Crippen LogP) is 9.92. The van der Waals surface area contributed by atoms with E-state index >= 15 is 9.59 Å². The standard InChI is InChI=1S/C46H32O4/c47-41-37-38(44-34-30(26-15-7-2-8-16-26)22-21-29(33(34)43(37)49-44)25-13-5-1-6-14-25)42(48)40-39(41)45-35-31(27-17-9-3-10-18-27)23-24-32(36(35)46(40)50-45)28-19-11-4-12-20-28/h1-24,37-40,43-46H/t37-,38+,39-,40+,43-,44+,45-,46+. The van der Waals surface area contributed by atoms with Crippen LogP contribution in [-0.4, -0.2) is 11.6 Å². The summed E-state index contributed by atoms with van der Waals surface area (Å²) in [5.41, 5.74) is 12.9. The van der Waals surface area contributed by atoms with Gasteiger partial charge in [0.25, 0.3) is 0 Å². The zero-order valence-electron chi connectivity index (χ0n) is 27.1. The second kappa shape index (κ2) is 10.5. The molecule has 0 unspecified atom stereocenters. The average molecular weight is 649 g/mol. The number of fused-ring (bicyclic) bond motifs is 16. The number of ketones is 2. The minimum Gasteiger partial charge on any atom is -0.364 e. The molecular formula is C46H32O4. The molecule has 0 spiro atoms. The van der Waals surface area contributed by atoms with E-state index in [0.717, 1.165) is 66.8 Å². The molecule has 4 bridgehead atoms. The Morgan fingerprint density at radius 3 is 0.740 bits per heavy atom. The number of carbonyl (C=O) groups excluding carboxylic acids is 2. The van der Waals surface area contributed by atoms with Crippen LogP contribution in [0, 0.1) is 23.7 Å². The van der Waals surface area contributed by atoms with Gasteiger partial charge < -0.3 is 9.47 Å². The molecule has 1 saturated carbocycles. The fraction of sp³-hybridized carbons (Fsp3) is 0.174. The van der Waals surface area contributed by atoms with Crippen molar-refractivity contribution < 1.29 is 19.1 Å². The number of ether oxygens (including phenoxy) is 2. The van der Waals surface area contributed by atoms with E-state index in [-0.39, 0.29) is 11.6 Å². The number of hydrogen-bond donors (Lipinski definition) is 0. The lowest BCUT2D eigenvalue weighted by atomic mass is 9.56. The molecule has 1 aliphatic carbocycles. The molecule has 4 heteroatoms. The fourth-order valence-electron chi connectivity index (χ4n) is 10.1. The minimum absolute atomic E-state index is 0.115. The molecule has 4 heterocycles. The summed E-state index contributed by atoms with van der Waals surface area (Å²) >= 11 is 0. The molecule has 6 aromatic carbocycles. The maximum atomic E-state index is 15.1. The van der Waals surface area contributed by atoms with Gasteiger partial charge in [0.1, 0.15) is 11.6 Å². The Kier molecular flexibility index (Phi) is 5.99. The van der Waals surface area contributed by atoms with Crippen molar-refractivity contribution in [1.82, 2.24) is 0 Å². The molecule has 2 saturated heterocycles. The summed E-state index contributed by atoms with van der Waals surface area (Å²) in [6, 6.07) is 50.0. The van der Waals surface area contributed by atoms with Gasteiger partial charge in [-0.2, -0.15) is 0 Å². The van der Waals surface area contributed by atoms with E-state index in [1.807, 2.05) is 72.8 Å². The Labute approximate surface area is 290 Å². The van der Waals surface area contributed by atoms with Crippen molar-refractivity contribution in [3.05, 3.63) is 168 Å². The van der Waals surface area contributed by atoms with Gasteiger partial charge in [-0.1, -0.05) is 146 Å². The van der Waals surface area contributed by atoms with Crippen molar-refractivity contribution >= 4 is 11.6 Å². The smallest absolute Gasteiger partial charge is 0.146 e. The van der Waals surface area contributed by atoms with E-state index in [9.17, 15) is 0 Å². The monoisotopic (exact) mass is 648 g/mol. The van der Waals surface area contributed by atoms with Crippen LogP contribution in [0.15, 0.2) is 146 Å². The van der Waals surface area contributed by atoms with Crippen LogP contribution in [0.1, 0.15) is 46.7 Å². The van der Waals surface area contributed by atoms with Crippen LogP contribution in [-0.2, 0) is 19.1 Å². The largest absolute Gasteiger partial charge is 0.364 e. The van der Waals surface area contributed by atoms with Crippen molar-refractivity contribution in [1.29, 1.82) is 0 Å². The van der Waals surface area contributed by atoms with Crippen LogP contribution in [0.2, 0.25) is 0 Å². The summed E-state index contributed by atoms with van der Waals surface area (Å²) < 4.78 is 13.8. The lowest BCUT2D eigenvalue weighted by Crippen LogP contribution is -2.50. The molecule has 8 atom stereocenters. The third-order valence-electron chi connectivity index (χ3n) is 12.0. The van der Waals surface area contributed by atoms with Gasteiger partial charge in [-0.3, -0.25) is 9.59 Å². The molecule has 240 valence electrons. The SMILES string of the molecule is O=C1[C@@H]2[C@H](C(=O)[C@H]3[C@@H]1[C@H]1O[C@@H]3c3c(-c4ccccc4)ccc(-c4ccccc4)c31)[C@@H]1O[C@H]2c2c(-c3ccccc3)ccc(-c3ccccc3)c21. The van der Waals surface area contributed by atoms with Crippen molar-refractivity contribution in [3.63, 3.8) is 0 Å². The lowest BCUT2D eigenvalue weighted by Gasteiger charge is -2.42. The zero-order chi connectivity index (χ0) is 33.1. The van der Waals surface area contributed by atoms with Crippen LogP contribution in [0.5, 0.6) is 0 Å². The van der Waals surface area contributed by atoms with Crippen molar-refractivity contribution in [3.8, 4) is 44.5 Å². The second-order valence-corrected chi connectivity index (χ2v) is 14.3. The van der Waals surface area contributed by atoms with Crippen LogP contribution < -0.4 is 0 Å². The minimum atomic E-state index is -0.543. The van der Waals surface area contributed by atoms with Crippen LogP contribution in [0.25, 0.3) is 44.5 Å². The molecule has 5 aliphatic rings. The van der Waals surface area contributed by atoms with Crippen molar-refractivity contribution in [2.45, 2.75) is 24.4 Å². The van der Waals surface area contributed by atoms with Crippen LogP contribution >= 0.6 is 0 Å². The molecule has 4 aliphatic heterocycles. The topological polar surface area (TPSA) is 52.6 Å². The third kappa shape index (κ3) is 3.73. The number of Topliss-reactive ketones (excluding diaryl/α,β-unsaturated/α-hetero) is 2. The van der Waals surface area contributed by atoms with Crippen molar-refractivity contribution in [2.24, 2.45) is 23.7 Å². The molecule has 0 N–H and O–H groups in total. The highest BCUT2D eigenvalue weighted by molar-refractivity contribution is 6.04. The van der Waals surface area contributed by atoms with E-state index in [2.05, 4.69) is 72.8 Å². The van der Waals surface area contributed by atoms with Gasteiger partial charge in [0.2, 0.25) is 0 Å². The van der Waals surface area contributed by atoms with E-state index < -0.39 is 48.1 Å². The quantitative estimate of drug-likeness (QED) is 0.191. The Bertz CT molecular complexity index is 2020. The van der Waals surface area contributed by atoms with Crippen molar-refractivity contribution in [2.75, 3.05) is 0 Å². The Morgan fingerprint density at radius 2 is 0.520 bits per heavy atom. The maximum absolute atomic E-state index is 15.1. The summed E-state index contributed by atoms with van der Waals surface area (Å²) in [6.07, 6.45) is -1.95. The second-order valence-electron chi connectivity index (χ2n) is 14.3.